The fraction of sp³-hybridized carbons (Fsp3) is 0.396. The average Bonchev–Trinajstić information content (AvgIpc) is 3.46. The van der Waals surface area contributed by atoms with Crippen molar-refractivity contribution in [1.82, 2.24) is 4.90 Å². The van der Waals surface area contributed by atoms with Gasteiger partial charge in [0.1, 0.15) is 34.5 Å². The molecule has 1 aliphatic heterocycles. The van der Waals surface area contributed by atoms with E-state index in [4.69, 9.17) is 29.5 Å². The average molecular weight is 926 g/mol. The van der Waals surface area contributed by atoms with Crippen molar-refractivity contribution in [2.24, 2.45) is 5.41 Å². The van der Waals surface area contributed by atoms with E-state index in [-0.39, 0.29) is 35.1 Å². The second-order valence-corrected chi connectivity index (χ2v) is 16.9. The summed E-state index contributed by atoms with van der Waals surface area (Å²) < 4.78 is 54.7. The highest BCUT2D eigenvalue weighted by atomic mass is 19.4. The zero-order chi connectivity index (χ0) is 49.6. The lowest BCUT2D eigenvalue weighted by atomic mass is 9.84. The molecule has 0 aromatic heterocycles. The minimum atomic E-state index is -4.75. The molecule has 5 N–H and O–H groups in total. The molecule has 0 spiro atoms. The summed E-state index contributed by atoms with van der Waals surface area (Å²) in [5.41, 5.74) is 0.826. The number of alkyl halides is 3. The largest absolute Gasteiger partial charge is 0.573 e. The second kappa shape index (κ2) is 20.1. The molecule has 4 unspecified atom stereocenters. The van der Waals surface area contributed by atoms with Gasteiger partial charge < -0.3 is 44.5 Å². The molecule has 2 aliphatic carbocycles. The number of aromatic carboxylic acids is 1. The number of aliphatic hydroxyl groups is 1. The molecule has 0 radical (unpaired) electrons. The number of carboxylic acid groups (broad SMARTS) is 4. The number of hydrogen-bond donors (Lipinski definition) is 5. The number of fused-ring (bicyclic) bond motifs is 3. The first kappa shape index (κ1) is 51.8. The maximum absolute atomic E-state index is 11.9. The molecule has 3 aliphatic rings. The topological polar surface area (TPSA) is 227 Å². The van der Waals surface area contributed by atoms with E-state index < -0.39 is 59.5 Å². The Kier molecular flexibility index (Phi) is 15.8. The molecule has 2 fully saturated rings. The number of ether oxygens (including phenoxy) is 4. The summed E-state index contributed by atoms with van der Waals surface area (Å²) in [5, 5.41) is 47.8. The van der Waals surface area contributed by atoms with Crippen LogP contribution in [-0.4, -0.2) is 104 Å². The van der Waals surface area contributed by atoms with Gasteiger partial charge in [0.25, 0.3) is 0 Å². The maximum atomic E-state index is 11.9. The third-order valence-corrected chi connectivity index (χ3v) is 11.9. The Morgan fingerprint density at radius 1 is 0.788 bits per heavy atom. The van der Waals surface area contributed by atoms with Gasteiger partial charge in [-0.2, -0.15) is 0 Å². The van der Waals surface area contributed by atoms with Crippen molar-refractivity contribution in [3.8, 4) is 17.2 Å². The standard InChI is InChI=1S/C17H16O2.C11H14O4.C10H7F3O3.C10H17NO5/c1-15-11-8-4-6-10-7-5-9-12(13(10)11)16(15,2)17(15,3)14(18)19;1-3-14-8-6-5-7-9(15-4-2)10(8)11(12)13;11-10(12,13)16-8-3-1-2-7(6-8)4-5-9(14)15;1-10(2,3)16-9(15)11-5-6(12)4-7(11)8(13)14/h4-9H,1-3H3,(H,18,19);5-7H,3-4H2,1-2H3,(H,12,13);1-6H,(H,14,15);6-7,12H,4-5H2,1-3H3,(H,13,14). The molecular weight excluding hydrogens is 872 g/mol. The predicted octanol–water partition coefficient (Wildman–Crippen LogP) is 8.78. The molecule has 18 heteroatoms. The highest BCUT2D eigenvalue weighted by Gasteiger charge is 2.87. The predicted molar refractivity (Wildman–Crippen MR) is 235 cm³/mol. The summed E-state index contributed by atoms with van der Waals surface area (Å²) in [6, 6.07) is 21.5. The van der Waals surface area contributed by atoms with Crippen LogP contribution < -0.4 is 14.2 Å². The van der Waals surface area contributed by atoms with Crippen molar-refractivity contribution in [3.63, 3.8) is 0 Å². The van der Waals surface area contributed by atoms with Gasteiger partial charge in [-0.25, -0.2) is 19.2 Å². The van der Waals surface area contributed by atoms with E-state index in [0.29, 0.717) is 30.3 Å². The summed E-state index contributed by atoms with van der Waals surface area (Å²) >= 11 is 0. The van der Waals surface area contributed by atoms with Gasteiger partial charge in [0.15, 0.2) is 0 Å². The highest BCUT2D eigenvalue weighted by Crippen LogP contribution is 2.82. The number of benzene rings is 4. The van der Waals surface area contributed by atoms with Crippen LogP contribution in [0.3, 0.4) is 0 Å². The first-order valence-electron chi connectivity index (χ1n) is 20.7. The Morgan fingerprint density at radius 2 is 1.30 bits per heavy atom. The van der Waals surface area contributed by atoms with E-state index in [1.54, 1.807) is 52.8 Å². The van der Waals surface area contributed by atoms with Gasteiger partial charge in [0.2, 0.25) is 0 Å². The maximum Gasteiger partial charge on any atom is 0.573 e. The first-order chi connectivity index (χ1) is 30.7. The van der Waals surface area contributed by atoms with Crippen LogP contribution in [0.4, 0.5) is 18.0 Å². The van der Waals surface area contributed by atoms with Gasteiger partial charge in [0, 0.05) is 23.3 Å². The number of nitrogens with zero attached hydrogens (tertiary/aromatic N) is 1. The summed E-state index contributed by atoms with van der Waals surface area (Å²) in [6.07, 6.45) is -4.20. The molecule has 4 atom stereocenters. The van der Waals surface area contributed by atoms with Crippen molar-refractivity contribution in [3.05, 3.63) is 107 Å². The van der Waals surface area contributed by atoms with Crippen molar-refractivity contribution in [2.75, 3.05) is 19.8 Å². The summed E-state index contributed by atoms with van der Waals surface area (Å²) in [7, 11) is 0. The normalized spacial score (nSPS) is 22.3. The van der Waals surface area contributed by atoms with E-state index in [1.165, 1.54) is 40.1 Å². The van der Waals surface area contributed by atoms with E-state index >= 15 is 0 Å². The fourth-order valence-electron chi connectivity index (χ4n) is 8.63. The molecule has 1 saturated heterocycles. The lowest BCUT2D eigenvalue weighted by molar-refractivity contribution is -0.274. The number of aliphatic hydroxyl groups excluding tert-OH is 1. The van der Waals surface area contributed by atoms with Crippen LogP contribution in [0.1, 0.15) is 88.9 Å². The number of carbonyl (C=O) groups excluding carboxylic acids is 1. The van der Waals surface area contributed by atoms with Crippen molar-refractivity contribution in [1.29, 1.82) is 0 Å². The Hall–Kier alpha value is -6.82. The van der Waals surface area contributed by atoms with Crippen LogP contribution in [0.25, 0.3) is 16.8 Å². The molecular formula is C48H54F3NO14. The quantitative estimate of drug-likeness (QED) is 0.0938. The minimum absolute atomic E-state index is 0.00583. The van der Waals surface area contributed by atoms with Crippen molar-refractivity contribution in [2.45, 2.75) is 96.7 Å². The zero-order valence-corrected chi connectivity index (χ0v) is 37.6. The van der Waals surface area contributed by atoms with Gasteiger partial charge in [0.05, 0.1) is 31.3 Å². The molecule has 66 heavy (non-hydrogen) atoms. The first-order valence-corrected chi connectivity index (χ1v) is 20.7. The van der Waals surface area contributed by atoms with E-state index in [0.717, 1.165) is 23.1 Å². The zero-order valence-electron chi connectivity index (χ0n) is 37.6. The molecule has 356 valence electrons. The van der Waals surface area contributed by atoms with E-state index in [9.17, 15) is 47.4 Å². The van der Waals surface area contributed by atoms with Crippen molar-refractivity contribution < 1.29 is 81.6 Å². The molecule has 4 aromatic carbocycles. The van der Waals surface area contributed by atoms with Gasteiger partial charge in [-0.1, -0.05) is 68.4 Å². The Morgan fingerprint density at radius 3 is 1.74 bits per heavy atom. The smallest absolute Gasteiger partial charge is 0.493 e. The number of likely N-dealkylation sites (tertiary alicyclic amines) is 1. The monoisotopic (exact) mass is 925 g/mol. The number of hydrogen-bond acceptors (Lipinski definition) is 10. The lowest BCUT2D eigenvalue weighted by Gasteiger charge is -2.26. The molecule has 1 amide bonds. The Bertz CT molecular complexity index is 2410. The van der Waals surface area contributed by atoms with E-state index in [1.807, 2.05) is 19.1 Å². The summed E-state index contributed by atoms with van der Waals surface area (Å²) in [4.78, 5) is 56.6. The minimum Gasteiger partial charge on any atom is -0.493 e. The third-order valence-electron chi connectivity index (χ3n) is 11.9. The van der Waals surface area contributed by atoms with Crippen LogP contribution in [-0.2, 0) is 30.0 Å². The lowest BCUT2D eigenvalue weighted by Crippen LogP contribution is -2.43. The van der Waals surface area contributed by atoms with Gasteiger partial charge in [-0.3, -0.25) is 9.69 Å². The Balaban J connectivity index is 0.000000194. The number of halogens is 3. The van der Waals surface area contributed by atoms with Gasteiger partial charge >= 0.3 is 36.3 Å². The van der Waals surface area contributed by atoms with Crippen LogP contribution in [0.2, 0.25) is 0 Å². The number of carbonyl (C=O) groups is 5. The fourth-order valence-corrected chi connectivity index (χ4v) is 8.63. The third kappa shape index (κ3) is 10.8. The molecule has 7 rings (SSSR count). The molecule has 4 aromatic rings. The van der Waals surface area contributed by atoms with Crippen molar-refractivity contribution >= 4 is 46.8 Å². The number of amides is 1. The second-order valence-electron chi connectivity index (χ2n) is 16.9. The molecule has 1 saturated carbocycles. The summed E-state index contributed by atoms with van der Waals surface area (Å²) in [5.74, 6) is -3.73. The number of rotatable bonds is 10. The number of aliphatic carboxylic acids is 3. The van der Waals surface area contributed by atoms with Gasteiger partial charge in [-0.15, -0.1) is 13.2 Å². The highest BCUT2D eigenvalue weighted by molar-refractivity contribution is 6.02. The SMILES string of the molecule is CC(C)(C)OC(=O)N1CC(O)CC1C(=O)O.CC1(C(=O)O)C2(C)c3cccc4cccc(c34)C12C.CCOc1cccc(OCC)c1C(=O)O.O=C(O)C=Cc1cccc(OC(F)(F)F)c1. The van der Waals surface area contributed by atoms with Crippen LogP contribution in [0, 0.1) is 5.41 Å². The molecule has 15 nitrogen and oxygen atoms in total. The van der Waals surface area contributed by atoms with E-state index in [2.05, 4.69) is 42.8 Å². The van der Waals surface area contributed by atoms with Crippen LogP contribution >= 0.6 is 0 Å². The number of β-amino-alcohol motifs (C(OH)–C–C–N with tert-alkyl or cyclic N) is 1. The van der Waals surface area contributed by atoms with Crippen LogP contribution in [0.5, 0.6) is 17.2 Å². The van der Waals surface area contributed by atoms with Crippen LogP contribution in [0.15, 0.2) is 84.9 Å². The molecule has 0 bridgehead atoms. The molecule has 1 heterocycles. The van der Waals surface area contributed by atoms with Gasteiger partial charge in [-0.05, 0) is 99.3 Å². The number of carboxylic acids is 4. The summed E-state index contributed by atoms with van der Waals surface area (Å²) in [6.45, 7) is 15.7. The Labute approximate surface area is 379 Å².